The maximum atomic E-state index is 14.4. The van der Waals surface area contributed by atoms with Gasteiger partial charge in [0, 0.05) is 5.25 Å². The number of nitrogens with two attached hydrogens (primary N) is 1. The second-order valence-electron chi connectivity index (χ2n) is 5.56. The first-order valence-corrected chi connectivity index (χ1v) is 8.05. The number of aliphatic hydroxyl groups is 2. The molecule has 2 aromatic heterocycles. The molecule has 10 heteroatoms. The van der Waals surface area contributed by atoms with Gasteiger partial charge in [0.1, 0.15) is 29.4 Å². The van der Waals surface area contributed by atoms with Gasteiger partial charge in [-0.1, -0.05) is 13.8 Å². The molecule has 4 N–H and O–H groups in total. The van der Waals surface area contributed by atoms with E-state index in [0.29, 0.717) is 16.1 Å². The van der Waals surface area contributed by atoms with E-state index in [4.69, 9.17) is 15.6 Å². The average Bonchev–Trinajstić information content (AvgIpc) is 2.99. The molecule has 0 spiro atoms. The normalized spacial score (nSPS) is 28.1. The number of aromatic nitrogens is 4. The molecular formula is C13H18FN5O3S. The molecule has 2 aromatic rings. The van der Waals surface area contributed by atoms with Crippen molar-refractivity contribution in [3.8, 4) is 0 Å². The second-order valence-corrected chi connectivity index (χ2v) is 7.12. The number of alkyl halides is 1. The van der Waals surface area contributed by atoms with Gasteiger partial charge in [0.15, 0.2) is 18.0 Å². The molecule has 0 aromatic carbocycles. The topological polar surface area (TPSA) is 119 Å². The van der Waals surface area contributed by atoms with Crippen molar-refractivity contribution in [1.29, 1.82) is 0 Å². The number of hydrogen-bond acceptors (Lipinski definition) is 8. The summed E-state index contributed by atoms with van der Waals surface area (Å²) < 4.78 is 21.0. The molecule has 3 rings (SSSR count). The summed E-state index contributed by atoms with van der Waals surface area (Å²) in [5.41, 5.74) is 6.25. The molecule has 0 bridgehead atoms. The van der Waals surface area contributed by atoms with Gasteiger partial charge < -0.3 is 20.7 Å². The maximum Gasteiger partial charge on any atom is 0.186 e. The molecule has 126 valence electrons. The number of rotatable bonds is 4. The van der Waals surface area contributed by atoms with Gasteiger partial charge in [0.2, 0.25) is 0 Å². The highest BCUT2D eigenvalue weighted by Gasteiger charge is 2.46. The van der Waals surface area contributed by atoms with Crippen LogP contribution in [0.3, 0.4) is 0 Å². The van der Waals surface area contributed by atoms with E-state index in [2.05, 4.69) is 15.1 Å². The summed E-state index contributed by atoms with van der Waals surface area (Å²) in [4.78, 5) is 8.09. The van der Waals surface area contributed by atoms with Crippen LogP contribution in [0, 0.1) is 0 Å². The zero-order valence-electron chi connectivity index (χ0n) is 12.6. The Morgan fingerprint density at radius 2 is 2.22 bits per heavy atom. The number of nitrogen functional groups attached to an aromatic ring is 1. The van der Waals surface area contributed by atoms with Gasteiger partial charge in [-0.2, -0.15) is 5.10 Å². The van der Waals surface area contributed by atoms with Crippen LogP contribution in [0.5, 0.6) is 0 Å². The molecule has 4 atom stereocenters. The smallest absolute Gasteiger partial charge is 0.186 e. The number of nitrogens with zero attached hydrogens (tertiary/aromatic N) is 4. The maximum absolute atomic E-state index is 14.4. The highest BCUT2D eigenvalue weighted by Crippen LogP contribution is 2.37. The van der Waals surface area contributed by atoms with Crippen LogP contribution in [-0.4, -0.2) is 60.2 Å². The lowest BCUT2D eigenvalue weighted by molar-refractivity contribution is -0.0509. The molecule has 3 heterocycles. The Kier molecular flexibility index (Phi) is 4.41. The van der Waals surface area contributed by atoms with Crippen molar-refractivity contribution in [3.63, 3.8) is 0 Å². The molecule has 0 aliphatic carbocycles. The average molecular weight is 343 g/mol. The lowest BCUT2D eigenvalue weighted by atomic mass is 10.1. The number of anilines is 1. The summed E-state index contributed by atoms with van der Waals surface area (Å²) in [5, 5.41) is 24.7. The Labute approximate surface area is 135 Å². The van der Waals surface area contributed by atoms with Crippen LogP contribution in [0.15, 0.2) is 11.4 Å². The van der Waals surface area contributed by atoms with Crippen molar-refractivity contribution in [3.05, 3.63) is 6.33 Å². The molecule has 0 amide bonds. The van der Waals surface area contributed by atoms with Crippen LogP contribution in [0.1, 0.15) is 20.1 Å². The molecular weight excluding hydrogens is 325 g/mol. The van der Waals surface area contributed by atoms with Crippen molar-refractivity contribution in [2.45, 2.75) is 48.7 Å². The highest BCUT2D eigenvalue weighted by atomic mass is 32.2. The minimum Gasteiger partial charge on any atom is -0.394 e. The lowest BCUT2D eigenvalue weighted by Gasteiger charge is -2.14. The van der Waals surface area contributed by atoms with Crippen molar-refractivity contribution < 1.29 is 19.3 Å². The lowest BCUT2D eigenvalue weighted by Crippen LogP contribution is -2.30. The minimum absolute atomic E-state index is 0.225. The van der Waals surface area contributed by atoms with Gasteiger partial charge >= 0.3 is 0 Å². The molecule has 1 aliphatic heterocycles. The van der Waals surface area contributed by atoms with E-state index in [1.54, 1.807) is 0 Å². The van der Waals surface area contributed by atoms with Gasteiger partial charge in [-0.25, -0.2) is 19.0 Å². The van der Waals surface area contributed by atoms with E-state index >= 15 is 0 Å². The van der Waals surface area contributed by atoms with Crippen LogP contribution >= 0.6 is 11.8 Å². The Hall–Kier alpha value is -1.49. The molecule has 0 radical (unpaired) electrons. The quantitative estimate of drug-likeness (QED) is 0.687. The van der Waals surface area contributed by atoms with E-state index in [-0.39, 0.29) is 11.1 Å². The predicted molar refractivity (Wildman–Crippen MR) is 82.6 cm³/mol. The third kappa shape index (κ3) is 2.75. The number of halogens is 1. The number of aliphatic hydroxyl groups excluding tert-OH is 2. The summed E-state index contributed by atoms with van der Waals surface area (Å²) in [6.45, 7) is 3.50. The third-order valence-electron chi connectivity index (χ3n) is 3.55. The number of hydrogen-bond donors (Lipinski definition) is 3. The van der Waals surface area contributed by atoms with Crippen LogP contribution < -0.4 is 5.73 Å². The second kappa shape index (κ2) is 6.19. The monoisotopic (exact) mass is 343 g/mol. The first-order valence-electron chi connectivity index (χ1n) is 7.17. The van der Waals surface area contributed by atoms with Crippen molar-refractivity contribution in [1.82, 2.24) is 19.7 Å². The Morgan fingerprint density at radius 3 is 2.83 bits per heavy atom. The largest absolute Gasteiger partial charge is 0.394 e. The summed E-state index contributed by atoms with van der Waals surface area (Å²) in [6, 6.07) is 0. The summed E-state index contributed by atoms with van der Waals surface area (Å²) in [7, 11) is 0. The van der Waals surface area contributed by atoms with Crippen LogP contribution in [0.25, 0.3) is 11.0 Å². The van der Waals surface area contributed by atoms with E-state index < -0.39 is 31.2 Å². The van der Waals surface area contributed by atoms with E-state index in [1.165, 1.54) is 22.8 Å². The number of ether oxygens (including phenoxy) is 1. The Morgan fingerprint density at radius 1 is 1.48 bits per heavy atom. The van der Waals surface area contributed by atoms with Crippen LogP contribution in [0.4, 0.5) is 10.2 Å². The standard InChI is InChI=1S/C13H18FN5O3S/c1-5(2)23-12-7-10(15)16-4-17-11(7)19(18-12)13-8(14)9(21)6(3-20)22-13/h4-6,8-9,13,20-21H,3H2,1-2H3,(H2,15,16,17)/t6-,8+,9-,13-/m1/s1. The number of thioether (sulfide) groups is 1. The van der Waals surface area contributed by atoms with Gasteiger partial charge in [-0.05, 0) is 0 Å². The highest BCUT2D eigenvalue weighted by molar-refractivity contribution is 8.00. The van der Waals surface area contributed by atoms with Gasteiger partial charge in [0.25, 0.3) is 0 Å². The fourth-order valence-corrected chi connectivity index (χ4v) is 3.39. The SMILES string of the molecule is CC(C)Sc1nn([C@@H]2O[C@H](CO)[C@@H](O)[C@@H]2F)c2ncnc(N)c12. The van der Waals surface area contributed by atoms with E-state index in [1.807, 2.05) is 13.8 Å². The van der Waals surface area contributed by atoms with Crippen molar-refractivity contribution in [2.75, 3.05) is 12.3 Å². The van der Waals surface area contributed by atoms with Crippen LogP contribution in [-0.2, 0) is 4.74 Å². The summed E-state index contributed by atoms with van der Waals surface area (Å²) in [5.74, 6) is 0.247. The van der Waals surface area contributed by atoms with E-state index in [9.17, 15) is 9.50 Å². The number of fused-ring (bicyclic) bond motifs is 1. The molecule has 0 saturated carbocycles. The first kappa shape index (κ1) is 16.4. The van der Waals surface area contributed by atoms with E-state index in [0.717, 1.165) is 0 Å². The van der Waals surface area contributed by atoms with Crippen LogP contribution in [0.2, 0.25) is 0 Å². The summed E-state index contributed by atoms with van der Waals surface area (Å²) >= 11 is 1.45. The fourth-order valence-electron chi connectivity index (χ4n) is 2.50. The molecule has 0 unspecified atom stereocenters. The predicted octanol–water partition coefficient (Wildman–Crippen LogP) is 0.498. The zero-order valence-corrected chi connectivity index (χ0v) is 13.4. The Bertz CT molecular complexity index is 712. The molecule has 1 saturated heterocycles. The minimum atomic E-state index is -1.73. The molecule has 23 heavy (non-hydrogen) atoms. The van der Waals surface area contributed by atoms with Gasteiger partial charge in [0.05, 0.1) is 12.0 Å². The first-order chi connectivity index (χ1) is 10.9. The van der Waals surface area contributed by atoms with Gasteiger partial charge in [-0.15, -0.1) is 11.8 Å². The van der Waals surface area contributed by atoms with Gasteiger partial charge in [-0.3, -0.25) is 0 Å². The van der Waals surface area contributed by atoms with Crippen molar-refractivity contribution >= 4 is 28.6 Å². The Balaban J connectivity index is 2.10. The van der Waals surface area contributed by atoms with Crippen molar-refractivity contribution in [2.24, 2.45) is 0 Å². The fraction of sp³-hybridized carbons (Fsp3) is 0.615. The zero-order chi connectivity index (χ0) is 16.7. The molecule has 1 aliphatic rings. The third-order valence-corrected chi connectivity index (χ3v) is 4.53. The molecule has 1 fully saturated rings. The summed E-state index contributed by atoms with van der Waals surface area (Å²) in [6.07, 6.45) is -4.08. The molecule has 8 nitrogen and oxygen atoms in total.